The van der Waals surface area contributed by atoms with E-state index in [4.69, 9.17) is 29.3 Å². The summed E-state index contributed by atoms with van der Waals surface area (Å²) in [5, 5.41) is 3.13. The van der Waals surface area contributed by atoms with Crippen LogP contribution in [0.5, 0.6) is 0 Å². The van der Waals surface area contributed by atoms with Crippen molar-refractivity contribution in [1.82, 2.24) is 24.9 Å². The smallest absolute Gasteiger partial charge is 0.228 e. The summed E-state index contributed by atoms with van der Waals surface area (Å²) >= 11 is 0. The SMILES string of the molecule is CC1(C)c2ccccc2-c2ccc(-c3cccc(-c4nc(-c5ccccc5)cc(-c5cccc(-c6cccc(-c7cc(-c8ccccc8)nc(-c8cccc(-c9cccc(-c%10c%11ccccc%11nc%11oc%12ccccc%12c%10%11)c9)c8)n7)c6)c5)n4)c3)cc21. The van der Waals surface area contributed by atoms with Crippen molar-refractivity contribution in [2.45, 2.75) is 19.3 Å². The Kier molecular flexibility index (Phi) is 12.1. The van der Waals surface area contributed by atoms with Gasteiger partial charge in [-0.1, -0.05) is 238 Å². The van der Waals surface area contributed by atoms with E-state index in [0.717, 1.165) is 122 Å². The fourth-order valence-electron chi connectivity index (χ4n) is 12.8. The van der Waals surface area contributed by atoms with Gasteiger partial charge in [0.25, 0.3) is 0 Å². The Morgan fingerprint density at radius 3 is 1.27 bits per heavy atom. The molecule has 15 aromatic rings. The number of furan rings is 1. The lowest BCUT2D eigenvalue weighted by Gasteiger charge is -2.22. The number of fused-ring (bicyclic) bond motifs is 7. The maximum atomic E-state index is 6.37. The van der Waals surface area contributed by atoms with Crippen molar-refractivity contribution in [3.05, 3.63) is 296 Å². The van der Waals surface area contributed by atoms with Crippen LogP contribution in [-0.4, -0.2) is 24.9 Å². The molecular weight excluding hydrogens is 1050 g/mol. The van der Waals surface area contributed by atoms with Crippen LogP contribution in [0.2, 0.25) is 0 Å². The molecule has 0 spiro atoms. The number of para-hydroxylation sites is 2. The second-order valence-electron chi connectivity index (χ2n) is 22.8. The quantitative estimate of drug-likeness (QED) is 0.136. The number of aromatic nitrogens is 5. The Labute approximate surface area is 498 Å². The van der Waals surface area contributed by atoms with Gasteiger partial charge in [0.05, 0.1) is 33.7 Å². The summed E-state index contributed by atoms with van der Waals surface area (Å²) in [5.74, 6) is 1.31. The van der Waals surface area contributed by atoms with Crippen LogP contribution in [0.4, 0.5) is 0 Å². The molecule has 0 saturated heterocycles. The molecule has 11 aromatic carbocycles. The minimum Gasteiger partial charge on any atom is -0.438 e. The molecule has 0 fully saturated rings. The Balaban J connectivity index is 0.749. The summed E-state index contributed by atoms with van der Waals surface area (Å²) in [4.78, 5) is 26.3. The van der Waals surface area contributed by atoms with Gasteiger partial charge in [0, 0.05) is 55.1 Å². The molecule has 0 saturated carbocycles. The molecule has 0 N–H and O–H groups in total. The topological polar surface area (TPSA) is 77.6 Å². The van der Waals surface area contributed by atoms with E-state index >= 15 is 0 Å². The minimum atomic E-state index is -0.0994. The molecule has 6 nitrogen and oxygen atoms in total. The molecule has 0 aliphatic heterocycles. The lowest BCUT2D eigenvalue weighted by molar-refractivity contribution is 0.656. The molecule has 1 aliphatic carbocycles. The fourth-order valence-corrected chi connectivity index (χ4v) is 12.8. The van der Waals surface area contributed by atoms with Crippen LogP contribution in [0.1, 0.15) is 25.0 Å². The summed E-state index contributed by atoms with van der Waals surface area (Å²) in [7, 11) is 0. The van der Waals surface area contributed by atoms with Gasteiger partial charge in [0.2, 0.25) is 5.71 Å². The van der Waals surface area contributed by atoms with Gasteiger partial charge in [-0.15, -0.1) is 0 Å². The van der Waals surface area contributed by atoms with E-state index in [1.54, 1.807) is 0 Å². The molecule has 4 aromatic heterocycles. The van der Waals surface area contributed by atoms with Gasteiger partial charge in [-0.2, -0.15) is 0 Å². The lowest BCUT2D eigenvalue weighted by Crippen LogP contribution is -2.14. The van der Waals surface area contributed by atoms with Gasteiger partial charge >= 0.3 is 0 Å². The van der Waals surface area contributed by atoms with Crippen LogP contribution in [0, 0.1) is 0 Å². The zero-order valence-electron chi connectivity index (χ0n) is 47.3. The van der Waals surface area contributed by atoms with E-state index in [2.05, 4.69) is 269 Å². The maximum absolute atomic E-state index is 6.37. The first-order chi connectivity index (χ1) is 42.3. The van der Waals surface area contributed by atoms with E-state index in [1.807, 2.05) is 30.3 Å². The summed E-state index contributed by atoms with van der Waals surface area (Å²) in [6.45, 7) is 4.66. The first-order valence-corrected chi connectivity index (χ1v) is 29.2. The van der Waals surface area contributed by atoms with Gasteiger partial charge in [0.1, 0.15) is 5.58 Å². The van der Waals surface area contributed by atoms with Gasteiger partial charge in [-0.25, -0.2) is 24.9 Å². The van der Waals surface area contributed by atoms with Gasteiger partial charge in [-0.05, 0) is 122 Å². The molecule has 1 aliphatic rings. The van der Waals surface area contributed by atoms with E-state index in [0.29, 0.717) is 17.4 Å². The number of hydrogen-bond acceptors (Lipinski definition) is 6. The summed E-state index contributed by atoms with van der Waals surface area (Å²) in [5.41, 5.74) is 25.5. The molecular formula is C80H53N5O. The summed E-state index contributed by atoms with van der Waals surface area (Å²) < 4.78 is 6.37. The molecule has 86 heavy (non-hydrogen) atoms. The monoisotopic (exact) mass is 1100 g/mol. The first kappa shape index (κ1) is 50.5. The predicted molar refractivity (Wildman–Crippen MR) is 352 cm³/mol. The third-order valence-electron chi connectivity index (χ3n) is 17.1. The van der Waals surface area contributed by atoms with Crippen molar-refractivity contribution < 1.29 is 4.42 Å². The molecule has 4 heterocycles. The van der Waals surface area contributed by atoms with E-state index < -0.39 is 0 Å². The second-order valence-corrected chi connectivity index (χ2v) is 22.8. The highest BCUT2D eigenvalue weighted by molar-refractivity contribution is 6.18. The number of nitrogens with zero attached hydrogens (tertiary/aromatic N) is 5. The van der Waals surface area contributed by atoms with E-state index in [-0.39, 0.29) is 5.41 Å². The summed E-state index contributed by atoms with van der Waals surface area (Å²) in [6, 6.07) is 100. The molecule has 0 radical (unpaired) electrons. The van der Waals surface area contributed by atoms with Crippen LogP contribution < -0.4 is 0 Å². The third-order valence-corrected chi connectivity index (χ3v) is 17.1. The molecule has 0 bridgehead atoms. The number of hydrogen-bond donors (Lipinski definition) is 0. The zero-order valence-corrected chi connectivity index (χ0v) is 47.3. The number of benzene rings is 11. The third kappa shape index (κ3) is 8.95. The highest BCUT2D eigenvalue weighted by atomic mass is 16.3. The van der Waals surface area contributed by atoms with Crippen LogP contribution in [0.3, 0.4) is 0 Å². The Morgan fingerprint density at radius 1 is 0.279 bits per heavy atom. The fraction of sp³-hybridized carbons (Fsp3) is 0.0375. The first-order valence-electron chi connectivity index (χ1n) is 29.2. The summed E-state index contributed by atoms with van der Waals surface area (Å²) in [6.07, 6.45) is 0. The van der Waals surface area contributed by atoms with Crippen molar-refractivity contribution in [2.75, 3.05) is 0 Å². The van der Waals surface area contributed by atoms with Crippen molar-refractivity contribution in [2.24, 2.45) is 0 Å². The van der Waals surface area contributed by atoms with Crippen LogP contribution in [-0.2, 0) is 5.41 Å². The van der Waals surface area contributed by atoms with Crippen molar-refractivity contribution in [1.29, 1.82) is 0 Å². The van der Waals surface area contributed by atoms with Crippen molar-refractivity contribution >= 4 is 33.0 Å². The van der Waals surface area contributed by atoms with Gasteiger partial charge < -0.3 is 4.42 Å². The number of pyridine rings is 1. The van der Waals surface area contributed by atoms with Gasteiger partial charge in [-0.3, -0.25) is 0 Å². The molecule has 6 heteroatoms. The average Bonchev–Trinajstić information content (AvgIpc) is 2.33. The average molecular weight is 1100 g/mol. The van der Waals surface area contributed by atoms with Crippen LogP contribution in [0.25, 0.3) is 156 Å². The Bertz CT molecular complexity index is 5160. The highest BCUT2D eigenvalue weighted by Crippen LogP contribution is 2.50. The van der Waals surface area contributed by atoms with Crippen molar-refractivity contribution in [3.8, 4) is 123 Å². The normalized spacial score (nSPS) is 12.4. The Hall–Kier alpha value is -11.2. The largest absolute Gasteiger partial charge is 0.438 e. The lowest BCUT2D eigenvalue weighted by atomic mass is 9.81. The molecule has 0 atom stereocenters. The standard InChI is InChI=1S/C80H53N5O/c1-80(2)67-37-12-9-34-63(67)64-41-40-57(47-68(64)80)56-28-19-33-62(46-56)78-82-71(51-22-7-4-8-23-51)49-73(84-78)59-30-16-25-53(43-59)52-24-15-29-58(42-52)72-48-70(50-20-5-3-6-21-50)81-77(83-72)61-32-18-27-55(45-61)54-26-17-31-60(44-54)75-65-35-10-13-38-69(65)85-79-76(75)66-36-11-14-39-74(66)86-79/h3-49H,1-2H3. The minimum absolute atomic E-state index is 0.0994. The second kappa shape index (κ2) is 20.6. The predicted octanol–water partition coefficient (Wildman–Crippen LogP) is 20.7. The highest BCUT2D eigenvalue weighted by Gasteiger charge is 2.35. The molecule has 0 unspecified atom stereocenters. The molecule has 16 rings (SSSR count). The molecule has 0 amide bonds. The Morgan fingerprint density at radius 2 is 0.686 bits per heavy atom. The van der Waals surface area contributed by atoms with Crippen LogP contribution in [0.15, 0.2) is 290 Å². The molecule has 404 valence electrons. The zero-order chi connectivity index (χ0) is 57.3. The maximum Gasteiger partial charge on any atom is 0.228 e. The van der Waals surface area contributed by atoms with Gasteiger partial charge in [0.15, 0.2) is 11.6 Å². The van der Waals surface area contributed by atoms with E-state index in [9.17, 15) is 0 Å². The van der Waals surface area contributed by atoms with Crippen LogP contribution >= 0.6 is 0 Å². The van der Waals surface area contributed by atoms with Crippen molar-refractivity contribution in [3.63, 3.8) is 0 Å². The number of rotatable bonds is 10. The van der Waals surface area contributed by atoms with E-state index in [1.165, 1.54) is 27.8 Å².